The molecule has 0 spiro atoms. The number of nitrogens with one attached hydrogen (secondary N) is 4. The molecule has 1 rings (SSSR count). The lowest BCUT2D eigenvalue weighted by atomic mass is 10.0. The molecular weight excluding hydrogens is 476 g/mol. The van der Waals surface area contributed by atoms with Gasteiger partial charge in [-0.15, -0.1) is 0 Å². The number of unbranched alkanes of at least 4 members (excludes halogenated alkanes) is 8. The Bertz CT molecular complexity index is 742. The van der Waals surface area contributed by atoms with E-state index in [-0.39, 0.29) is 37.6 Å². The lowest BCUT2D eigenvalue weighted by Crippen LogP contribution is -2.58. The highest BCUT2D eigenvalue weighted by atomic mass is 16.3. The summed E-state index contributed by atoms with van der Waals surface area (Å²) in [5, 5.41) is 31.0. The van der Waals surface area contributed by atoms with Crippen LogP contribution in [0.25, 0.3) is 0 Å². The predicted octanol–water partition coefficient (Wildman–Crippen LogP) is 1.59. The van der Waals surface area contributed by atoms with Crippen LogP contribution in [0.1, 0.15) is 97.8 Å². The summed E-state index contributed by atoms with van der Waals surface area (Å²) >= 11 is 0. The zero-order valence-corrected chi connectivity index (χ0v) is 22.8. The third kappa shape index (κ3) is 14.8. The van der Waals surface area contributed by atoms with Crippen molar-refractivity contribution in [2.24, 2.45) is 0 Å². The second-order valence-electron chi connectivity index (χ2n) is 10.1. The molecule has 1 heterocycles. The molecule has 0 aromatic rings. The van der Waals surface area contributed by atoms with Crippen LogP contribution in [0.2, 0.25) is 0 Å². The molecule has 10 nitrogen and oxygen atoms in total. The Hall–Kier alpha value is -2.46. The standard InChI is InChI=1S/C27H48N4O6/c1-4-5-6-7-8-9-10-11-12-13-24(35)31-25(20(3)32)27(37)30-22-18-21(33)16-17-28-23(34)15-14-19(2)29-26(22)36/h14-15,19-22,25,32-33H,4-13,16-18H2,1-3H3,(H,28,34)(H,29,36)(H,30,37)(H,31,35). The average molecular weight is 525 g/mol. The second kappa shape index (κ2) is 18.7. The average Bonchev–Trinajstić information content (AvgIpc) is 2.83. The summed E-state index contributed by atoms with van der Waals surface area (Å²) < 4.78 is 0. The first-order valence-electron chi connectivity index (χ1n) is 13.9. The van der Waals surface area contributed by atoms with Gasteiger partial charge < -0.3 is 31.5 Å². The minimum atomic E-state index is -1.23. The van der Waals surface area contributed by atoms with Crippen molar-refractivity contribution < 1.29 is 29.4 Å². The van der Waals surface area contributed by atoms with Crippen molar-refractivity contribution in [3.05, 3.63) is 12.2 Å². The maximum absolute atomic E-state index is 12.9. The van der Waals surface area contributed by atoms with Crippen LogP contribution >= 0.6 is 0 Å². The Morgan fingerprint density at radius 2 is 1.70 bits per heavy atom. The Kier molecular flexibility index (Phi) is 16.5. The van der Waals surface area contributed by atoms with Gasteiger partial charge in [0.15, 0.2) is 0 Å². The molecule has 1 aliphatic rings. The highest BCUT2D eigenvalue weighted by Crippen LogP contribution is 2.11. The van der Waals surface area contributed by atoms with Crippen molar-refractivity contribution in [3.63, 3.8) is 0 Å². The number of aliphatic hydroxyl groups excluding tert-OH is 2. The van der Waals surface area contributed by atoms with E-state index in [1.54, 1.807) is 6.92 Å². The molecule has 212 valence electrons. The fourth-order valence-corrected chi connectivity index (χ4v) is 4.16. The van der Waals surface area contributed by atoms with E-state index in [2.05, 4.69) is 28.2 Å². The number of hydrogen-bond donors (Lipinski definition) is 6. The Labute approximate surface area is 221 Å². The zero-order chi connectivity index (χ0) is 27.6. The summed E-state index contributed by atoms with van der Waals surface area (Å²) in [6.45, 7) is 5.48. The highest BCUT2D eigenvalue weighted by Gasteiger charge is 2.31. The number of hydrogen-bond acceptors (Lipinski definition) is 6. The smallest absolute Gasteiger partial charge is 0.245 e. The lowest BCUT2D eigenvalue weighted by Gasteiger charge is -2.27. The summed E-state index contributed by atoms with van der Waals surface area (Å²) in [5.41, 5.74) is 0. The van der Waals surface area contributed by atoms with Gasteiger partial charge in [0.05, 0.1) is 12.2 Å². The molecule has 0 saturated carbocycles. The van der Waals surface area contributed by atoms with E-state index in [1.165, 1.54) is 51.2 Å². The van der Waals surface area contributed by atoms with Crippen LogP contribution in [0.15, 0.2) is 12.2 Å². The van der Waals surface area contributed by atoms with Crippen LogP contribution in [0.5, 0.6) is 0 Å². The van der Waals surface area contributed by atoms with Gasteiger partial charge >= 0.3 is 0 Å². The Morgan fingerprint density at radius 1 is 1.08 bits per heavy atom. The molecule has 5 unspecified atom stereocenters. The van der Waals surface area contributed by atoms with Crippen molar-refractivity contribution in [3.8, 4) is 0 Å². The fourth-order valence-electron chi connectivity index (χ4n) is 4.16. The van der Waals surface area contributed by atoms with E-state index in [0.29, 0.717) is 6.42 Å². The first-order valence-corrected chi connectivity index (χ1v) is 13.9. The summed E-state index contributed by atoms with van der Waals surface area (Å²) in [7, 11) is 0. The minimum Gasteiger partial charge on any atom is -0.393 e. The molecule has 4 amide bonds. The summed E-state index contributed by atoms with van der Waals surface area (Å²) in [6, 6.07) is -2.80. The topological polar surface area (TPSA) is 157 Å². The highest BCUT2D eigenvalue weighted by molar-refractivity contribution is 5.92. The molecule has 0 aromatic heterocycles. The molecule has 0 saturated heterocycles. The number of rotatable bonds is 14. The molecule has 0 fully saturated rings. The molecule has 37 heavy (non-hydrogen) atoms. The third-order valence-electron chi connectivity index (χ3n) is 6.41. The maximum atomic E-state index is 12.9. The van der Waals surface area contributed by atoms with Crippen LogP contribution in [-0.4, -0.2) is 70.7 Å². The fraction of sp³-hybridized carbons (Fsp3) is 0.778. The van der Waals surface area contributed by atoms with Crippen molar-refractivity contribution in [2.45, 2.75) is 128 Å². The molecule has 6 N–H and O–H groups in total. The number of amides is 4. The van der Waals surface area contributed by atoms with Gasteiger partial charge in [-0.1, -0.05) is 64.4 Å². The summed E-state index contributed by atoms with van der Waals surface area (Å²) in [6.07, 6.45) is 11.2. The van der Waals surface area contributed by atoms with Crippen LogP contribution in [0.3, 0.4) is 0 Å². The van der Waals surface area contributed by atoms with Gasteiger partial charge in [-0.3, -0.25) is 19.2 Å². The molecule has 0 aliphatic carbocycles. The van der Waals surface area contributed by atoms with E-state index in [1.807, 2.05) is 0 Å². The lowest BCUT2D eigenvalue weighted by molar-refractivity contribution is -0.134. The first kappa shape index (κ1) is 32.6. The van der Waals surface area contributed by atoms with Gasteiger partial charge in [-0.2, -0.15) is 0 Å². The van der Waals surface area contributed by atoms with Crippen molar-refractivity contribution in [1.29, 1.82) is 0 Å². The van der Waals surface area contributed by atoms with Crippen LogP contribution in [-0.2, 0) is 19.2 Å². The van der Waals surface area contributed by atoms with E-state index >= 15 is 0 Å². The molecule has 5 atom stereocenters. The summed E-state index contributed by atoms with van der Waals surface area (Å²) in [5.74, 6) is -1.89. The number of aliphatic hydroxyl groups is 2. The van der Waals surface area contributed by atoms with E-state index < -0.39 is 42.1 Å². The zero-order valence-electron chi connectivity index (χ0n) is 22.8. The van der Waals surface area contributed by atoms with Gasteiger partial charge in [0.2, 0.25) is 23.6 Å². The van der Waals surface area contributed by atoms with E-state index in [4.69, 9.17) is 0 Å². The molecule has 0 aromatic carbocycles. The predicted molar refractivity (Wildman–Crippen MR) is 142 cm³/mol. The van der Waals surface area contributed by atoms with Crippen LogP contribution in [0.4, 0.5) is 0 Å². The second-order valence-corrected chi connectivity index (χ2v) is 10.1. The van der Waals surface area contributed by atoms with Gasteiger partial charge in [-0.05, 0) is 26.7 Å². The molecule has 1 aliphatic heterocycles. The first-order chi connectivity index (χ1) is 17.6. The molecule has 10 heteroatoms. The van der Waals surface area contributed by atoms with Crippen LogP contribution in [0, 0.1) is 0 Å². The van der Waals surface area contributed by atoms with Gasteiger partial charge in [0, 0.05) is 31.5 Å². The summed E-state index contributed by atoms with van der Waals surface area (Å²) in [4.78, 5) is 49.9. The molecule has 0 bridgehead atoms. The largest absolute Gasteiger partial charge is 0.393 e. The SMILES string of the molecule is CCCCCCCCCCCC(=O)NC(C(=O)NC1CC(O)CCNC(=O)C=CC(C)NC1=O)C(C)O. The number of carbonyl (C=O) groups is 4. The van der Waals surface area contributed by atoms with E-state index in [0.717, 1.165) is 19.3 Å². The Balaban J connectivity index is 2.60. The van der Waals surface area contributed by atoms with Crippen LogP contribution < -0.4 is 21.3 Å². The quantitative estimate of drug-likeness (QED) is 0.190. The molecular formula is C27H48N4O6. The molecule has 0 radical (unpaired) electrons. The Morgan fingerprint density at radius 3 is 2.32 bits per heavy atom. The minimum absolute atomic E-state index is 0.0806. The third-order valence-corrected chi connectivity index (χ3v) is 6.41. The van der Waals surface area contributed by atoms with Crippen molar-refractivity contribution in [1.82, 2.24) is 21.3 Å². The van der Waals surface area contributed by atoms with E-state index in [9.17, 15) is 29.4 Å². The van der Waals surface area contributed by atoms with Gasteiger partial charge in [-0.25, -0.2) is 0 Å². The number of carbonyl (C=O) groups excluding carboxylic acids is 4. The van der Waals surface area contributed by atoms with Crippen molar-refractivity contribution in [2.75, 3.05) is 6.54 Å². The van der Waals surface area contributed by atoms with Crippen molar-refractivity contribution >= 4 is 23.6 Å². The van der Waals surface area contributed by atoms with Gasteiger partial charge in [0.25, 0.3) is 0 Å². The maximum Gasteiger partial charge on any atom is 0.245 e. The van der Waals surface area contributed by atoms with Gasteiger partial charge in [0.1, 0.15) is 12.1 Å². The monoisotopic (exact) mass is 524 g/mol. The normalized spacial score (nSPS) is 22.6.